The van der Waals surface area contributed by atoms with Gasteiger partial charge in [0.05, 0.1) is 19.7 Å². The van der Waals surface area contributed by atoms with E-state index in [0.29, 0.717) is 6.61 Å². The highest BCUT2D eigenvalue weighted by molar-refractivity contribution is 5.69. The number of rotatable bonds is 5. The van der Waals surface area contributed by atoms with Gasteiger partial charge in [0.2, 0.25) is 0 Å². The number of carboxylic acids is 1. The summed E-state index contributed by atoms with van der Waals surface area (Å²) in [6, 6.07) is -0.490. The number of aliphatic carboxylic acids is 1. The van der Waals surface area contributed by atoms with Crippen LogP contribution in [0.2, 0.25) is 0 Å². The topological polar surface area (TPSA) is 49.8 Å². The first-order valence-corrected chi connectivity index (χ1v) is 4.86. The van der Waals surface area contributed by atoms with Crippen molar-refractivity contribution in [2.45, 2.75) is 25.3 Å². The van der Waals surface area contributed by atoms with Crippen LogP contribution in [0.3, 0.4) is 0 Å². The smallest absolute Gasteiger partial charge is 0.317 e. The fourth-order valence-electron chi connectivity index (χ4n) is 1.74. The Morgan fingerprint density at radius 3 is 2.87 bits per heavy atom. The lowest BCUT2D eigenvalue weighted by molar-refractivity contribution is -0.138. The van der Waals surface area contributed by atoms with Crippen LogP contribution in [0.1, 0.15) is 13.3 Å². The third-order valence-electron chi connectivity index (χ3n) is 2.34. The largest absolute Gasteiger partial charge is 0.480 e. The van der Waals surface area contributed by atoms with Gasteiger partial charge in [0.25, 0.3) is 5.92 Å². The number of alkyl halides is 2. The van der Waals surface area contributed by atoms with Crippen LogP contribution in [-0.2, 0) is 9.53 Å². The van der Waals surface area contributed by atoms with Crippen molar-refractivity contribution >= 4 is 5.97 Å². The Balaban J connectivity index is 2.53. The molecule has 1 fully saturated rings. The average Bonchev–Trinajstić information content (AvgIpc) is 2.36. The van der Waals surface area contributed by atoms with Crippen molar-refractivity contribution in [3.05, 3.63) is 0 Å². The molecule has 0 aromatic heterocycles. The van der Waals surface area contributed by atoms with Crippen molar-refractivity contribution < 1.29 is 23.4 Å². The summed E-state index contributed by atoms with van der Waals surface area (Å²) in [6.07, 6.45) is -0.319. The van der Waals surface area contributed by atoms with Gasteiger partial charge in [0.15, 0.2) is 0 Å². The molecule has 88 valence electrons. The molecule has 1 aliphatic heterocycles. The number of hydrogen-bond acceptors (Lipinski definition) is 3. The number of halogens is 2. The maximum atomic E-state index is 13.0. The number of likely N-dealkylation sites (tertiary alicyclic amines) is 1. The molecule has 1 N–H and O–H groups in total. The van der Waals surface area contributed by atoms with E-state index in [0.717, 1.165) is 0 Å². The van der Waals surface area contributed by atoms with Gasteiger partial charge in [-0.1, -0.05) is 0 Å². The van der Waals surface area contributed by atoms with Crippen molar-refractivity contribution in [3.63, 3.8) is 0 Å². The first-order chi connectivity index (χ1) is 6.94. The Morgan fingerprint density at radius 2 is 2.33 bits per heavy atom. The van der Waals surface area contributed by atoms with Gasteiger partial charge >= 0.3 is 5.97 Å². The molecule has 0 bridgehead atoms. The first kappa shape index (κ1) is 12.3. The molecule has 0 spiro atoms. The van der Waals surface area contributed by atoms with Crippen molar-refractivity contribution in [3.8, 4) is 0 Å². The predicted octanol–water partition coefficient (Wildman–Crippen LogP) is 0.817. The van der Waals surface area contributed by atoms with Crippen LogP contribution < -0.4 is 0 Å². The lowest BCUT2D eigenvalue weighted by Gasteiger charge is -2.20. The molecule has 0 aliphatic carbocycles. The van der Waals surface area contributed by atoms with Crippen LogP contribution in [-0.4, -0.2) is 54.2 Å². The molecular formula is C9H15F2NO3. The van der Waals surface area contributed by atoms with Gasteiger partial charge in [-0.3, -0.25) is 9.69 Å². The standard InChI is InChI=1S/C9H15F2NO3/c1-2-15-5-7-3-9(10,11)6-12(7)4-8(13)14/h7H,2-6H2,1H3,(H,13,14)/t7-/m0/s1. The Kier molecular flexibility index (Phi) is 3.98. The molecule has 1 saturated heterocycles. The second-order valence-corrected chi connectivity index (χ2v) is 3.67. The van der Waals surface area contributed by atoms with E-state index in [2.05, 4.69) is 0 Å². The molecule has 1 heterocycles. The fourth-order valence-corrected chi connectivity index (χ4v) is 1.74. The summed E-state index contributed by atoms with van der Waals surface area (Å²) < 4.78 is 31.1. The summed E-state index contributed by atoms with van der Waals surface area (Å²) in [5.74, 6) is -3.88. The van der Waals surface area contributed by atoms with Gasteiger partial charge in [-0.15, -0.1) is 0 Å². The number of nitrogens with zero attached hydrogens (tertiary/aromatic N) is 1. The van der Waals surface area contributed by atoms with E-state index in [4.69, 9.17) is 9.84 Å². The zero-order valence-corrected chi connectivity index (χ0v) is 8.58. The monoisotopic (exact) mass is 223 g/mol. The molecule has 0 unspecified atom stereocenters. The molecule has 0 radical (unpaired) electrons. The lowest BCUT2D eigenvalue weighted by atomic mass is 10.2. The Morgan fingerprint density at radius 1 is 1.67 bits per heavy atom. The molecule has 0 aromatic carbocycles. The number of carbonyl (C=O) groups is 1. The predicted molar refractivity (Wildman–Crippen MR) is 49.1 cm³/mol. The van der Waals surface area contributed by atoms with E-state index in [1.807, 2.05) is 0 Å². The van der Waals surface area contributed by atoms with E-state index in [9.17, 15) is 13.6 Å². The normalized spacial score (nSPS) is 25.7. The van der Waals surface area contributed by atoms with Gasteiger partial charge in [-0.05, 0) is 6.92 Å². The minimum Gasteiger partial charge on any atom is -0.480 e. The highest BCUT2D eigenvalue weighted by atomic mass is 19.3. The summed E-state index contributed by atoms with van der Waals surface area (Å²) >= 11 is 0. The van der Waals surface area contributed by atoms with Gasteiger partial charge < -0.3 is 9.84 Å². The minimum absolute atomic E-state index is 0.166. The molecule has 0 amide bonds. The van der Waals surface area contributed by atoms with Gasteiger partial charge in [-0.2, -0.15) is 0 Å². The van der Waals surface area contributed by atoms with Gasteiger partial charge in [-0.25, -0.2) is 8.78 Å². The minimum atomic E-state index is -2.79. The first-order valence-electron chi connectivity index (χ1n) is 4.86. The van der Waals surface area contributed by atoms with E-state index >= 15 is 0 Å². The zero-order valence-electron chi connectivity index (χ0n) is 8.58. The SMILES string of the molecule is CCOC[C@@H]1CC(F)(F)CN1CC(=O)O. The molecule has 1 atom stereocenters. The molecule has 1 rings (SSSR count). The lowest BCUT2D eigenvalue weighted by Crippen LogP contribution is -2.37. The Bertz CT molecular complexity index is 235. The molecular weight excluding hydrogens is 208 g/mol. The van der Waals surface area contributed by atoms with Crippen molar-refractivity contribution in [2.24, 2.45) is 0 Å². The van der Waals surface area contributed by atoms with E-state index < -0.39 is 24.5 Å². The molecule has 0 saturated carbocycles. The van der Waals surface area contributed by atoms with Crippen LogP contribution in [0.15, 0.2) is 0 Å². The Hall–Kier alpha value is -0.750. The van der Waals surface area contributed by atoms with Gasteiger partial charge in [0.1, 0.15) is 0 Å². The molecule has 0 aromatic rings. The molecule has 4 nitrogen and oxygen atoms in total. The van der Waals surface area contributed by atoms with Crippen LogP contribution in [0, 0.1) is 0 Å². The summed E-state index contributed by atoms with van der Waals surface area (Å²) in [4.78, 5) is 11.7. The molecule has 1 aliphatic rings. The van der Waals surface area contributed by atoms with Crippen LogP contribution >= 0.6 is 0 Å². The number of hydrogen-bond donors (Lipinski definition) is 1. The summed E-state index contributed by atoms with van der Waals surface area (Å²) in [5, 5.41) is 8.56. The van der Waals surface area contributed by atoms with Crippen molar-refractivity contribution in [2.75, 3.05) is 26.3 Å². The maximum Gasteiger partial charge on any atom is 0.317 e. The summed E-state index contributed by atoms with van der Waals surface area (Å²) in [5.41, 5.74) is 0. The zero-order chi connectivity index (χ0) is 11.5. The quantitative estimate of drug-likeness (QED) is 0.749. The Labute approximate surface area is 86.8 Å². The summed E-state index contributed by atoms with van der Waals surface area (Å²) in [7, 11) is 0. The van der Waals surface area contributed by atoms with Crippen LogP contribution in [0.5, 0.6) is 0 Å². The van der Waals surface area contributed by atoms with E-state index in [1.165, 1.54) is 4.90 Å². The molecule has 15 heavy (non-hydrogen) atoms. The van der Waals surface area contributed by atoms with Crippen molar-refractivity contribution in [1.29, 1.82) is 0 Å². The highest BCUT2D eigenvalue weighted by Crippen LogP contribution is 2.31. The average molecular weight is 223 g/mol. The second kappa shape index (κ2) is 4.85. The van der Waals surface area contributed by atoms with Crippen LogP contribution in [0.25, 0.3) is 0 Å². The third-order valence-corrected chi connectivity index (χ3v) is 2.34. The highest BCUT2D eigenvalue weighted by Gasteiger charge is 2.45. The fraction of sp³-hybridized carbons (Fsp3) is 0.889. The van der Waals surface area contributed by atoms with E-state index in [1.54, 1.807) is 6.92 Å². The number of ether oxygens (including phenoxy) is 1. The van der Waals surface area contributed by atoms with Crippen molar-refractivity contribution in [1.82, 2.24) is 4.90 Å². The van der Waals surface area contributed by atoms with Crippen LogP contribution in [0.4, 0.5) is 8.78 Å². The van der Waals surface area contributed by atoms with Gasteiger partial charge in [0, 0.05) is 19.1 Å². The molecule has 6 heteroatoms. The maximum absolute atomic E-state index is 13.0. The number of carboxylic acid groups (broad SMARTS) is 1. The summed E-state index contributed by atoms with van der Waals surface area (Å²) in [6.45, 7) is 1.54. The third kappa shape index (κ3) is 3.71. The van der Waals surface area contributed by atoms with E-state index in [-0.39, 0.29) is 19.6 Å². The second-order valence-electron chi connectivity index (χ2n) is 3.67.